The lowest BCUT2D eigenvalue weighted by atomic mass is 10.2. The van der Waals surface area contributed by atoms with Gasteiger partial charge in [-0.15, -0.1) is 0 Å². The third kappa shape index (κ3) is 1.60. The van der Waals surface area contributed by atoms with Crippen molar-refractivity contribution >= 4 is 28.8 Å². The summed E-state index contributed by atoms with van der Waals surface area (Å²) in [5, 5.41) is 5.82. The van der Waals surface area contributed by atoms with Crippen LogP contribution in [0, 0.1) is 0 Å². The van der Waals surface area contributed by atoms with Gasteiger partial charge in [-0.25, -0.2) is 4.68 Å². The normalized spacial score (nSPS) is 10.7. The van der Waals surface area contributed by atoms with Gasteiger partial charge in [0.25, 0.3) is 0 Å². The number of carbonyl (C=O) groups is 1. The molecule has 1 heterocycles. The van der Waals surface area contributed by atoms with E-state index in [1.54, 1.807) is 29.1 Å². The molecule has 3 aromatic rings. The van der Waals surface area contributed by atoms with E-state index < -0.39 is 0 Å². The molecule has 0 amide bonds. The Morgan fingerprint density at radius 1 is 1.11 bits per heavy atom. The van der Waals surface area contributed by atoms with Crippen molar-refractivity contribution < 1.29 is 4.79 Å². The molecule has 0 aliphatic rings. The molecule has 0 saturated heterocycles. The van der Waals surface area contributed by atoms with E-state index in [2.05, 4.69) is 5.10 Å². The molecule has 0 aliphatic carbocycles. The molecule has 2 aromatic carbocycles. The minimum Gasteiger partial charge on any atom is -0.298 e. The van der Waals surface area contributed by atoms with E-state index in [0.29, 0.717) is 16.3 Å². The fourth-order valence-corrected chi connectivity index (χ4v) is 2.26. The average molecular weight is 257 g/mol. The summed E-state index contributed by atoms with van der Waals surface area (Å²) in [5.41, 5.74) is 2.07. The van der Waals surface area contributed by atoms with E-state index in [9.17, 15) is 4.79 Å². The zero-order valence-corrected chi connectivity index (χ0v) is 10.1. The lowest BCUT2D eigenvalue weighted by molar-refractivity contribution is 0.112. The maximum Gasteiger partial charge on any atom is 0.152 e. The molecule has 0 unspecified atom stereocenters. The number of carbonyl (C=O) groups excluding carboxylic acids is 1. The quantitative estimate of drug-likeness (QED) is 0.658. The standard InChI is InChI=1S/C14H9ClN2O/c15-12-6-3-5-11(9-18)14(12)17-13-7-2-1-4-10(13)8-16-17/h1-9H. The highest BCUT2D eigenvalue weighted by atomic mass is 35.5. The number of benzene rings is 2. The average Bonchev–Trinajstić information content (AvgIpc) is 2.82. The van der Waals surface area contributed by atoms with E-state index in [4.69, 9.17) is 11.6 Å². The second-order valence-corrected chi connectivity index (χ2v) is 4.32. The van der Waals surface area contributed by atoms with E-state index >= 15 is 0 Å². The molecule has 3 nitrogen and oxygen atoms in total. The van der Waals surface area contributed by atoms with Crippen molar-refractivity contribution in [3.8, 4) is 5.69 Å². The Morgan fingerprint density at radius 3 is 2.78 bits per heavy atom. The van der Waals surface area contributed by atoms with E-state index in [1.165, 1.54) is 0 Å². The number of para-hydroxylation sites is 2. The van der Waals surface area contributed by atoms with Crippen LogP contribution in [0.2, 0.25) is 5.02 Å². The highest BCUT2D eigenvalue weighted by molar-refractivity contribution is 6.33. The number of halogens is 1. The Kier molecular flexibility index (Phi) is 2.61. The van der Waals surface area contributed by atoms with Crippen LogP contribution in [0.5, 0.6) is 0 Å². The van der Waals surface area contributed by atoms with Crippen LogP contribution in [0.4, 0.5) is 0 Å². The molecule has 88 valence electrons. The summed E-state index contributed by atoms with van der Waals surface area (Å²) in [6.07, 6.45) is 2.55. The number of hydrogen-bond donors (Lipinski definition) is 0. The first-order chi connectivity index (χ1) is 8.81. The van der Waals surface area contributed by atoms with Gasteiger partial charge in [-0.05, 0) is 18.2 Å². The molecule has 18 heavy (non-hydrogen) atoms. The highest BCUT2D eigenvalue weighted by Crippen LogP contribution is 2.26. The van der Waals surface area contributed by atoms with Crippen LogP contribution in [0.1, 0.15) is 10.4 Å². The minimum atomic E-state index is 0.508. The van der Waals surface area contributed by atoms with Gasteiger partial charge >= 0.3 is 0 Å². The molecular weight excluding hydrogens is 248 g/mol. The third-order valence-corrected chi connectivity index (χ3v) is 3.14. The highest BCUT2D eigenvalue weighted by Gasteiger charge is 2.12. The predicted octanol–water partition coefficient (Wildman–Crippen LogP) is 3.49. The van der Waals surface area contributed by atoms with Crippen molar-refractivity contribution in [1.29, 1.82) is 0 Å². The van der Waals surface area contributed by atoms with Gasteiger partial charge in [-0.2, -0.15) is 5.10 Å². The number of nitrogens with zero attached hydrogens (tertiary/aromatic N) is 2. The van der Waals surface area contributed by atoms with Gasteiger partial charge in [-0.1, -0.05) is 35.9 Å². The molecule has 1 aromatic heterocycles. The van der Waals surface area contributed by atoms with Crippen LogP contribution in [-0.2, 0) is 0 Å². The molecule has 3 rings (SSSR count). The molecule has 0 aliphatic heterocycles. The first kappa shape index (κ1) is 11.0. The Bertz CT molecular complexity index is 733. The largest absolute Gasteiger partial charge is 0.298 e. The van der Waals surface area contributed by atoms with Crippen molar-refractivity contribution in [2.24, 2.45) is 0 Å². The summed E-state index contributed by atoms with van der Waals surface area (Å²) >= 11 is 6.18. The number of hydrogen-bond acceptors (Lipinski definition) is 2. The molecule has 0 spiro atoms. The predicted molar refractivity (Wildman–Crippen MR) is 71.5 cm³/mol. The summed E-state index contributed by atoms with van der Waals surface area (Å²) in [5.74, 6) is 0. The van der Waals surface area contributed by atoms with Gasteiger partial charge in [0.15, 0.2) is 6.29 Å². The zero-order chi connectivity index (χ0) is 12.5. The van der Waals surface area contributed by atoms with Gasteiger partial charge < -0.3 is 0 Å². The minimum absolute atomic E-state index is 0.508. The Balaban J connectivity index is 2.36. The van der Waals surface area contributed by atoms with Crippen LogP contribution in [0.3, 0.4) is 0 Å². The summed E-state index contributed by atoms with van der Waals surface area (Å²) in [7, 11) is 0. The SMILES string of the molecule is O=Cc1cccc(Cl)c1-n1ncc2ccccc21. The second kappa shape index (κ2) is 4.27. The third-order valence-electron chi connectivity index (χ3n) is 2.83. The van der Waals surface area contributed by atoms with Gasteiger partial charge in [0, 0.05) is 10.9 Å². The Morgan fingerprint density at radius 2 is 1.94 bits per heavy atom. The summed E-state index contributed by atoms with van der Waals surface area (Å²) in [4.78, 5) is 11.1. The fourth-order valence-electron chi connectivity index (χ4n) is 2.00. The molecule has 0 saturated carbocycles. The van der Waals surface area contributed by atoms with Crippen LogP contribution in [0.15, 0.2) is 48.7 Å². The number of rotatable bonds is 2. The number of aromatic nitrogens is 2. The van der Waals surface area contributed by atoms with Crippen molar-refractivity contribution in [3.05, 3.63) is 59.2 Å². The van der Waals surface area contributed by atoms with E-state index in [-0.39, 0.29) is 0 Å². The van der Waals surface area contributed by atoms with Gasteiger partial charge in [-0.3, -0.25) is 4.79 Å². The van der Waals surface area contributed by atoms with Crippen molar-refractivity contribution in [1.82, 2.24) is 9.78 Å². The zero-order valence-electron chi connectivity index (χ0n) is 9.38. The molecule has 0 radical (unpaired) electrons. The molecule has 4 heteroatoms. The molecule has 0 fully saturated rings. The molecule has 0 N–H and O–H groups in total. The van der Waals surface area contributed by atoms with Crippen LogP contribution < -0.4 is 0 Å². The van der Waals surface area contributed by atoms with Crippen LogP contribution >= 0.6 is 11.6 Å². The van der Waals surface area contributed by atoms with Crippen molar-refractivity contribution in [2.45, 2.75) is 0 Å². The molecule has 0 bridgehead atoms. The first-order valence-electron chi connectivity index (χ1n) is 5.48. The smallest absolute Gasteiger partial charge is 0.152 e. The second-order valence-electron chi connectivity index (χ2n) is 3.91. The Hall–Kier alpha value is -2.13. The van der Waals surface area contributed by atoms with Crippen molar-refractivity contribution in [2.75, 3.05) is 0 Å². The number of fused-ring (bicyclic) bond motifs is 1. The molecule has 0 atom stereocenters. The monoisotopic (exact) mass is 256 g/mol. The topological polar surface area (TPSA) is 34.9 Å². The Labute approximate surface area is 109 Å². The lowest BCUT2D eigenvalue weighted by Crippen LogP contribution is -2.01. The summed E-state index contributed by atoms with van der Waals surface area (Å²) < 4.78 is 1.70. The number of aldehydes is 1. The van der Waals surface area contributed by atoms with Crippen LogP contribution in [-0.4, -0.2) is 16.1 Å². The van der Waals surface area contributed by atoms with Crippen molar-refractivity contribution in [3.63, 3.8) is 0 Å². The van der Waals surface area contributed by atoms with E-state index in [1.807, 2.05) is 24.3 Å². The maximum absolute atomic E-state index is 11.1. The van der Waals surface area contributed by atoms with Gasteiger partial charge in [0.05, 0.1) is 22.4 Å². The maximum atomic E-state index is 11.1. The van der Waals surface area contributed by atoms with E-state index in [0.717, 1.165) is 17.2 Å². The summed E-state index contributed by atoms with van der Waals surface area (Å²) in [6.45, 7) is 0. The lowest BCUT2D eigenvalue weighted by Gasteiger charge is -2.08. The van der Waals surface area contributed by atoms with Gasteiger partial charge in [0.1, 0.15) is 0 Å². The first-order valence-corrected chi connectivity index (χ1v) is 5.86. The molecular formula is C14H9ClN2O. The summed E-state index contributed by atoms with van der Waals surface area (Å²) in [6, 6.07) is 13.0. The van der Waals surface area contributed by atoms with Crippen LogP contribution in [0.25, 0.3) is 16.6 Å². The fraction of sp³-hybridized carbons (Fsp3) is 0. The van der Waals surface area contributed by atoms with Gasteiger partial charge in [0.2, 0.25) is 0 Å².